The third kappa shape index (κ3) is 2.79. The summed E-state index contributed by atoms with van der Waals surface area (Å²) >= 11 is 0. The molecule has 136 valence electrons. The van der Waals surface area contributed by atoms with Gasteiger partial charge in [-0.05, 0) is 19.8 Å². The summed E-state index contributed by atoms with van der Waals surface area (Å²) in [7, 11) is -4.87. The summed E-state index contributed by atoms with van der Waals surface area (Å²) in [6, 6.07) is 0.856. The van der Waals surface area contributed by atoms with Crippen molar-refractivity contribution in [2.24, 2.45) is 7.05 Å². The lowest BCUT2D eigenvalue weighted by atomic mass is 10.2. The fourth-order valence-electron chi connectivity index (χ4n) is 2.35. The molecule has 8 nitrogen and oxygen atoms in total. The van der Waals surface area contributed by atoms with E-state index in [9.17, 15) is 31.2 Å². The summed E-state index contributed by atoms with van der Waals surface area (Å²) in [6.45, 7) is 1.79. The molecule has 0 bridgehead atoms. The highest BCUT2D eigenvalue weighted by atomic mass is 32.2. The summed E-state index contributed by atoms with van der Waals surface area (Å²) in [4.78, 5) is 24.4. The lowest BCUT2D eigenvalue weighted by Crippen LogP contribution is -2.32. The third-order valence-electron chi connectivity index (χ3n) is 4.08. The van der Waals surface area contributed by atoms with Gasteiger partial charge in [-0.1, -0.05) is 0 Å². The van der Waals surface area contributed by atoms with Crippen molar-refractivity contribution in [2.75, 3.05) is 0 Å². The van der Waals surface area contributed by atoms with Gasteiger partial charge in [0.25, 0.3) is 17.0 Å². The van der Waals surface area contributed by atoms with Crippen LogP contribution in [0.5, 0.6) is 5.88 Å². The van der Waals surface area contributed by atoms with Gasteiger partial charge in [-0.2, -0.15) is 21.6 Å². The van der Waals surface area contributed by atoms with E-state index < -0.39 is 43.6 Å². The maximum absolute atomic E-state index is 12.5. The van der Waals surface area contributed by atoms with Crippen molar-refractivity contribution in [1.29, 1.82) is 0 Å². The van der Waals surface area contributed by atoms with Gasteiger partial charge in [-0.3, -0.25) is 9.59 Å². The standard InChI is InChI=1S/C13H12F3N3O5S/c1-12(3-4-12)19-6-8-7(5-9(19)20)10(17-18(2)11(8)21)24-25(22,23)13(14,15)16/h5-6H,3-4H2,1-2H3. The number of hydrogen-bond acceptors (Lipinski definition) is 6. The second kappa shape index (κ2) is 5.07. The molecule has 0 aromatic carbocycles. The van der Waals surface area contributed by atoms with Crippen molar-refractivity contribution in [2.45, 2.75) is 30.8 Å². The molecule has 2 heterocycles. The Kier molecular flexibility index (Phi) is 3.54. The van der Waals surface area contributed by atoms with Gasteiger partial charge in [0, 0.05) is 24.8 Å². The molecule has 0 radical (unpaired) electrons. The van der Waals surface area contributed by atoms with E-state index in [4.69, 9.17) is 0 Å². The first kappa shape index (κ1) is 17.5. The minimum absolute atomic E-state index is 0.169. The van der Waals surface area contributed by atoms with Gasteiger partial charge >= 0.3 is 15.6 Å². The van der Waals surface area contributed by atoms with E-state index in [1.807, 2.05) is 0 Å². The Morgan fingerprint density at radius 3 is 2.36 bits per heavy atom. The molecular weight excluding hydrogens is 367 g/mol. The quantitative estimate of drug-likeness (QED) is 0.579. The van der Waals surface area contributed by atoms with Crippen LogP contribution in [0.25, 0.3) is 10.8 Å². The highest BCUT2D eigenvalue weighted by Gasteiger charge is 2.49. The van der Waals surface area contributed by atoms with Gasteiger partial charge in [0.1, 0.15) is 0 Å². The van der Waals surface area contributed by atoms with Crippen LogP contribution >= 0.6 is 0 Å². The molecule has 0 saturated heterocycles. The molecule has 0 atom stereocenters. The zero-order valence-corrected chi connectivity index (χ0v) is 13.8. The molecule has 25 heavy (non-hydrogen) atoms. The maximum Gasteiger partial charge on any atom is 0.534 e. The molecule has 0 N–H and O–H groups in total. The molecule has 1 fully saturated rings. The predicted octanol–water partition coefficient (Wildman–Crippen LogP) is 0.833. The van der Waals surface area contributed by atoms with Crippen LogP contribution in [0.3, 0.4) is 0 Å². The second-order valence-electron chi connectivity index (χ2n) is 6.02. The van der Waals surface area contributed by atoms with Crippen molar-refractivity contribution in [3.05, 3.63) is 33.0 Å². The molecule has 0 unspecified atom stereocenters. The molecular formula is C13H12F3N3O5S. The van der Waals surface area contributed by atoms with E-state index in [1.165, 1.54) is 10.8 Å². The normalized spacial score (nSPS) is 16.8. The fraction of sp³-hybridized carbons (Fsp3) is 0.462. The lowest BCUT2D eigenvalue weighted by molar-refractivity contribution is -0.0501. The van der Waals surface area contributed by atoms with E-state index in [2.05, 4.69) is 9.28 Å². The van der Waals surface area contributed by atoms with Gasteiger partial charge in [-0.15, -0.1) is 5.10 Å². The number of aromatic nitrogens is 3. The maximum atomic E-state index is 12.5. The van der Waals surface area contributed by atoms with E-state index in [-0.39, 0.29) is 5.39 Å². The first-order chi connectivity index (χ1) is 11.4. The van der Waals surface area contributed by atoms with E-state index in [0.29, 0.717) is 17.5 Å². The zero-order valence-electron chi connectivity index (χ0n) is 13.0. The molecule has 2 aromatic rings. The Morgan fingerprint density at radius 2 is 1.84 bits per heavy atom. The number of halogens is 3. The SMILES string of the molecule is Cn1nc(OS(=O)(=O)C(F)(F)F)c2cc(=O)n(C3(C)CC3)cc2c1=O. The molecule has 3 rings (SSSR count). The van der Waals surface area contributed by atoms with Crippen molar-refractivity contribution >= 4 is 20.9 Å². The minimum atomic E-state index is -6.00. The van der Waals surface area contributed by atoms with E-state index >= 15 is 0 Å². The molecule has 1 saturated carbocycles. The van der Waals surface area contributed by atoms with Crippen molar-refractivity contribution in [3.63, 3.8) is 0 Å². The molecule has 1 aliphatic rings. The number of aryl methyl sites for hydroxylation is 1. The number of hydrogen-bond donors (Lipinski definition) is 0. The van der Waals surface area contributed by atoms with Gasteiger partial charge < -0.3 is 8.75 Å². The summed E-state index contributed by atoms with van der Waals surface area (Å²) < 4.78 is 66.0. The second-order valence-corrected chi connectivity index (χ2v) is 7.56. The topological polar surface area (TPSA) is 100 Å². The first-order valence-electron chi connectivity index (χ1n) is 7.01. The lowest BCUT2D eigenvalue weighted by Gasteiger charge is -2.15. The number of nitrogens with zero attached hydrogens (tertiary/aromatic N) is 3. The van der Waals surface area contributed by atoms with Crippen molar-refractivity contribution in [1.82, 2.24) is 14.3 Å². The molecule has 1 aliphatic carbocycles. The molecule has 0 amide bonds. The van der Waals surface area contributed by atoms with Gasteiger partial charge in [0.2, 0.25) is 0 Å². The van der Waals surface area contributed by atoms with E-state index in [1.54, 1.807) is 6.92 Å². The Hall–Kier alpha value is -2.37. The zero-order chi connectivity index (χ0) is 18.8. The molecule has 0 aliphatic heterocycles. The van der Waals surface area contributed by atoms with Crippen LogP contribution in [0.1, 0.15) is 19.8 Å². The monoisotopic (exact) mass is 379 g/mol. The highest BCUT2D eigenvalue weighted by Crippen LogP contribution is 2.42. The molecule has 2 aromatic heterocycles. The first-order valence-corrected chi connectivity index (χ1v) is 8.41. The van der Waals surface area contributed by atoms with Crippen molar-refractivity contribution in [3.8, 4) is 5.88 Å². The largest absolute Gasteiger partial charge is 0.534 e. The van der Waals surface area contributed by atoms with Crippen LogP contribution in [-0.4, -0.2) is 28.3 Å². The van der Waals surface area contributed by atoms with Crippen LogP contribution < -0.4 is 15.3 Å². The molecule has 0 spiro atoms. The summed E-state index contributed by atoms with van der Waals surface area (Å²) in [5.41, 5.74) is -7.45. The number of rotatable bonds is 3. The number of fused-ring (bicyclic) bond motifs is 1. The Labute approximate surface area is 138 Å². The van der Waals surface area contributed by atoms with Crippen molar-refractivity contribution < 1.29 is 25.8 Å². The van der Waals surface area contributed by atoms with Gasteiger partial charge in [0.05, 0.1) is 10.8 Å². The Balaban J connectivity index is 2.28. The Morgan fingerprint density at radius 1 is 1.24 bits per heavy atom. The van der Waals surface area contributed by atoms with Crippen LogP contribution in [-0.2, 0) is 22.7 Å². The van der Waals surface area contributed by atoms with E-state index in [0.717, 1.165) is 13.1 Å². The van der Waals surface area contributed by atoms with Crippen LogP contribution in [0.2, 0.25) is 0 Å². The fourth-order valence-corrected chi connectivity index (χ4v) is 2.77. The van der Waals surface area contributed by atoms with Crippen LogP contribution in [0.4, 0.5) is 13.2 Å². The summed E-state index contributed by atoms with van der Waals surface area (Å²) in [5, 5.41) is 2.83. The van der Waals surface area contributed by atoms with Gasteiger partial charge in [-0.25, -0.2) is 4.68 Å². The molecule has 12 heteroatoms. The van der Waals surface area contributed by atoms with Gasteiger partial charge in [0.15, 0.2) is 0 Å². The number of pyridine rings is 1. The number of alkyl halides is 3. The minimum Gasteiger partial charge on any atom is -0.353 e. The third-order valence-corrected chi connectivity index (χ3v) is 5.02. The summed E-state index contributed by atoms with van der Waals surface area (Å²) in [5.74, 6) is -0.986. The Bertz CT molecular complexity index is 1100. The smallest absolute Gasteiger partial charge is 0.353 e. The predicted molar refractivity (Wildman–Crippen MR) is 79.7 cm³/mol. The average molecular weight is 379 g/mol. The summed E-state index contributed by atoms with van der Waals surface area (Å²) in [6.07, 6.45) is 2.60. The van der Waals surface area contributed by atoms with Crippen LogP contribution in [0.15, 0.2) is 21.9 Å². The highest BCUT2D eigenvalue weighted by molar-refractivity contribution is 7.88. The average Bonchev–Trinajstić information content (AvgIpc) is 3.21. The van der Waals surface area contributed by atoms with Crippen LogP contribution in [0, 0.1) is 0 Å².